The minimum absolute atomic E-state index is 0.176. The third-order valence-corrected chi connectivity index (χ3v) is 17.8. The summed E-state index contributed by atoms with van der Waals surface area (Å²) in [5.41, 5.74) is 31.0. The van der Waals surface area contributed by atoms with E-state index in [2.05, 4.69) is 287 Å². The molecule has 0 heterocycles. The number of hydrogen-bond donors (Lipinski definition) is 0. The van der Waals surface area contributed by atoms with Gasteiger partial charge in [-0.2, -0.15) is 0 Å². The van der Waals surface area contributed by atoms with Gasteiger partial charge in [-0.05, 0) is 150 Å². The molecule has 0 bridgehead atoms. The lowest BCUT2D eigenvalue weighted by atomic mass is 9.59. The van der Waals surface area contributed by atoms with Gasteiger partial charge in [0.05, 0.1) is 11.1 Å². The topological polar surface area (TPSA) is 6.48 Å². The van der Waals surface area contributed by atoms with Gasteiger partial charge in [-0.3, -0.25) is 0 Å². The Kier molecular flexibility index (Phi) is 10.1. The van der Waals surface area contributed by atoms with Gasteiger partial charge in [0.1, 0.15) is 39.2 Å². The van der Waals surface area contributed by atoms with Crippen molar-refractivity contribution in [3.8, 4) is 44.5 Å². The van der Waals surface area contributed by atoms with Gasteiger partial charge in [0.2, 0.25) is 0 Å². The van der Waals surface area contributed by atoms with Crippen molar-refractivity contribution >= 4 is 111 Å². The normalized spacial score (nSPS) is 15.0. The molecular weight excluding hydrogens is 899 g/mol. The Morgan fingerprint density at radius 1 is 0.280 bits per heavy atom. The van der Waals surface area contributed by atoms with Crippen molar-refractivity contribution in [2.24, 2.45) is 0 Å². The first-order chi connectivity index (χ1) is 36.5. The van der Waals surface area contributed by atoms with E-state index in [1.165, 1.54) is 116 Å². The van der Waals surface area contributed by atoms with Crippen LogP contribution in [-0.2, 0) is 10.8 Å². The Bertz CT molecular complexity index is 4160. The van der Waals surface area contributed by atoms with Gasteiger partial charge in [-0.25, -0.2) is 0 Å². The molecule has 3 aliphatic carbocycles. The molecular formula is C68H53B5N2. The molecule has 0 N–H and O–H groups in total. The first-order valence-electron chi connectivity index (χ1n) is 26.6. The third-order valence-electron chi connectivity index (χ3n) is 17.8. The molecule has 7 heteroatoms. The molecule has 2 nitrogen and oxygen atoms in total. The minimum Gasteiger partial charge on any atom is -0.310 e. The fourth-order valence-electron chi connectivity index (χ4n) is 13.8. The molecule has 11 aromatic carbocycles. The van der Waals surface area contributed by atoms with Crippen molar-refractivity contribution < 1.29 is 0 Å². The van der Waals surface area contributed by atoms with Crippen molar-refractivity contribution in [1.82, 2.24) is 0 Å². The highest BCUT2D eigenvalue weighted by molar-refractivity contribution is 6.68. The van der Waals surface area contributed by atoms with Crippen molar-refractivity contribution in [2.45, 2.75) is 24.7 Å². The van der Waals surface area contributed by atoms with E-state index >= 15 is 0 Å². The zero-order valence-electron chi connectivity index (χ0n) is 43.8. The number of nitrogens with zero attached hydrogens (tertiary/aromatic N) is 2. The van der Waals surface area contributed by atoms with Crippen molar-refractivity contribution in [2.75, 3.05) is 9.80 Å². The molecule has 0 saturated heterocycles. The lowest BCUT2D eigenvalue weighted by molar-refractivity contribution is 0.660. The van der Waals surface area contributed by atoms with Gasteiger partial charge in [-0.15, -0.1) is 16.4 Å². The van der Waals surface area contributed by atoms with Gasteiger partial charge in [0.15, 0.2) is 0 Å². The third kappa shape index (κ3) is 6.47. The molecule has 14 rings (SSSR count). The van der Waals surface area contributed by atoms with Gasteiger partial charge in [0, 0.05) is 39.4 Å². The highest BCUT2D eigenvalue weighted by Crippen LogP contribution is 2.64. The fourth-order valence-corrected chi connectivity index (χ4v) is 13.8. The van der Waals surface area contributed by atoms with Crippen LogP contribution in [0.4, 0.5) is 34.1 Å². The quantitative estimate of drug-likeness (QED) is 0.147. The smallest absolute Gasteiger partial charge is 0.139 e. The number of hydrogen-bond acceptors (Lipinski definition) is 2. The summed E-state index contributed by atoms with van der Waals surface area (Å²) in [7, 11) is 11.5. The van der Waals surface area contributed by atoms with Crippen LogP contribution in [0.3, 0.4) is 0 Å². The molecule has 0 aliphatic heterocycles. The molecule has 350 valence electrons. The largest absolute Gasteiger partial charge is 0.310 e. The van der Waals surface area contributed by atoms with E-state index in [0.29, 0.717) is 0 Å². The number of anilines is 6. The molecule has 1 atom stereocenters. The van der Waals surface area contributed by atoms with Crippen LogP contribution in [0.25, 0.3) is 55.3 Å². The van der Waals surface area contributed by atoms with Crippen LogP contribution in [0, 0.1) is 0 Å². The molecule has 0 saturated carbocycles. The average Bonchev–Trinajstić information content (AvgIpc) is 4.16. The molecule has 0 aromatic heterocycles. The maximum Gasteiger partial charge on any atom is 0.139 e. The SMILES string of the molecule is Bc1c(B)c(B)c(-c2ccccc2N(c2ccc3c(c2)C(C)(C)c2ccccc2-3)c2ccc3c(c2)C2(c4ccccc4-c4ccc(N(c5ccccc5)c5ccc6ccccc6c5)cc42)c2ccccc2-3)c(B)c1B. The fraction of sp³-hybridized carbons (Fsp3) is 0.0588. The van der Waals surface area contributed by atoms with E-state index in [9.17, 15) is 0 Å². The molecule has 3 aliphatic rings. The number of para-hydroxylation sites is 2. The van der Waals surface area contributed by atoms with Gasteiger partial charge < -0.3 is 9.80 Å². The van der Waals surface area contributed by atoms with E-state index in [1.54, 1.807) is 0 Å². The van der Waals surface area contributed by atoms with E-state index in [4.69, 9.17) is 0 Å². The Hall–Kier alpha value is -8.40. The van der Waals surface area contributed by atoms with Crippen molar-refractivity contribution in [3.63, 3.8) is 0 Å². The van der Waals surface area contributed by atoms with Crippen molar-refractivity contribution in [3.05, 3.63) is 258 Å². The van der Waals surface area contributed by atoms with Crippen LogP contribution in [0.1, 0.15) is 47.2 Å². The minimum atomic E-state index is -0.610. The summed E-state index contributed by atoms with van der Waals surface area (Å²) in [4.78, 5) is 5.01. The monoisotopic (exact) mass is 952 g/mol. The van der Waals surface area contributed by atoms with Crippen LogP contribution in [0.5, 0.6) is 0 Å². The molecule has 1 unspecified atom stereocenters. The maximum atomic E-state index is 2.57. The molecule has 1 spiro atoms. The second-order valence-electron chi connectivity index (χ2n) is 21.8. The number of fused-ring (bicyclic) bond motifs is 14. The second kappa shape index (κ2) is 16.8. The Morgan fingerprint density at radius 2 is 0.680 bits per heavy atom. The predicted molar refractivity (Wildman–Crippen MR) is 334 cm³/mol. The van der Waals surface area contributed by atoms with Crippen molar-refractivity contribution in [1.29, 1.82) is 0 Å². The summed E-state index contributed by atoms with van der Waals surface area (Å²) >= 11 is 0. The summed E-state index contributed by atoms with van der Waals surface area (Å²) in [6, 6.07) is 84.8. The Morgan fingerprint density at radius 3 is 1.28 bits per heavy atom. The highest BCUT2D eigenvalue weighted by Gasteiger charge is 2.52. The van der Waals surface area contributed by atoms with Crippen LogP contribution in [0.2, 0.25) is 0 Å². The zero-order valence-corrected chi connectivity index (χ0v) is 43.8. The Balaban J connectivity index is 1.03. The van der Waals surface area contributed by atoms with Gasteiger partial charge in [-0.1, -0.05) is 182 Å². The lowest BCUT2D eigenvalue weighted by Crippen LogP contribution is -2.55. The van der Waals surface area contributed by atoms with E-state index in [-0.39, 0.29) is 5.41 Å². The molecule has 11 aromatic rings. The lowest BCUT2D eigenvalue weighted by Gasteiger charge is -2.34. The summed E-state index contributed by atoms with van der Waals surface area (Å²) < 4.78 is 0. The highest BCUT2D eigenvalue weighted by atomic mass is 15.2. The standard InChI is InChI=1S/C68H53B5N2/c1-67(2)54-24-12-8-20-47(54)50-33-31-45(37-57(50)67)75(60-27-15-11-23-53(60)61-62(69)64(71)66(73)65(72)63(61)70)46-32-35-52-49-22-10-14-26-56(49)68(59(52)39-46)55-25-13-9-21-48(55)51-34-30-44(38-58(51)68)74(42-18-4-3-5-19-42)43-29-28-40-16-6-7-17-41(40)36-43/h3-39H,69-73H2,1-2H3. The van der Waals surface area contributed by atoms with Crippen LogP contribution >= 0.6 is 0 Å². The first-order valence-corrected chi connectivity index (χ1v) is 26.6. The molecule has 0 amide bonds. The van der Waals surface area contributed by atoms with Gasteiger partial charge in [0.25, 0.3) is 0 Å². The van der Waals surface area contributed by atoms with Crippen LogP contribution < -0.4 is 37.1 Å². The molecule has 0 radical (unpaired) electrons. The van der Waals surface area contributed by atoms with E-state index in [1.807, 2.05) is 0 Å². The molecule has 75 heavy (non-hydrogen) atoms. The zero-order chi connectivity index (χ0) is 50.9. The summed E-state index contributed by atoms with van der Waals surface area (Å²) in [5, 5.41) is 2.44. The average molecular weight is 952 g/mol. The summed E-state index contributed by atoms with van der Waals surface area (Å²) in [5.74, 6) is 0. The second-order valence-corrected chi connectivity index (χ2v) is 21.8. The molecule has 0 fully saturated rings. The van der Waals surface area contributed by atoms with Gasteiger partial charge >= 0.3 is 0 Å². The van der Waals surface area contributed by atoms with Crippen LogP contribution in [-0.4, -0.2) is 39.2 Å². The maximum absolute atomic E-state index is 2.57. The number of rotatable bonds is 7. The number of benzene rings is 11. The van der Waals surface area contributed by atoms with E-state index < -0.39 is 5.41 Å². The summed E-state index contributed by atoms with van der Waals surface area (Å²) in [6.07, 6.45) is 0. The van der Waals surface area contributed by atoms with Crippen LogP contribution in [0.15, 0.2) is 224 Å². The Labute approximate surface area is 445 Å². The first kappa shape index (κ1) is 45.2. The summed E-state index contributed by atoms with van der Waals surface area (Å²) in [6.45, 7) is 4.78. The van der Waals surface area contributed by atoms with E-state index in [0.717, 1.165) is 34.1 Å². The predicted octanol–water partition coefficient (Wildman–Crippen LogP) is 9.39.